The Balaban J connectivity index is 2.69. The predicted octanol–water partition coefficient (Wildman–Crippen LogP) is 2.60. The van der Waals surface area contributed by atoms with Crippen molar-refractivity contribution in [1.29, 1.82) is 0 Å². The van der Waals surface area contributed by atoms with Crippen molar-refractivity contribution in [2.75, 3.05) is 0 Å². The van der Waals surface area contributed by atoms with Gasteiger partial charge in [-0.05, 0) is 30.8 Å². The van der Waals surface area contributed by atoms with Gasteiger partial charge in [0, 0.05) is 5.70 Å². The minimum absolute atomic E-state index is 0.734. The summed E-state index contributed by atoms with van der Waals surface area (Å²) in [6.07, 6.45) is 7.92. The number of hydrogen-bond acceptors (Lipinski definition) is 1. The molecule has 0 bridgehead atoms. The molecule has 1 rings (SSSR count). The Morgan fingerprint density at radius 3 is 2.82 bits per heavy atom. The smallest absolute Gasteiger partial charge is 0.0303 e. The lowest BCUT2D eigenvalue weighted by molar-refractivity contribution is 0.619. The summed E-state index contributed by atoms with van der Waals surface area (Å²) < 4.78 is 0. The SMILES string of the molecule is CCC1=CC(CC)CC=C1N. The molecule has 0 spiro atoms. The summed E-state index contributed by atoms with van der Waals surface area (Å²) in [5.41, 5.74) is 8.13. The molecule has 62 valence electrons. The molecule has 0 radical (unpaired) electrons. The second kappa shape index (κ2) is 3.61. The van der Waals surface area contributed by atoms with Crippen LogP contribution in [0.1, 0.15) is 33.1 Å². The quantitative estimate of drug-likeness (QED) is 0.645. The zero-order valence-electron chi connectivity index (χ0n) is 7.43. The van der Waals surface area contributed by atoms with E-state index < -0.39 is 0 Å². The second-order valence-electron chi connectivity index (χ2n) is 3.11. The van der Waals surface area contributed by atoms with E-state index in [2.05, 4.69) is 26.0 Å². The van der Waals surface area contributed by atoms with E-state index >= 15 is 0 Å². The summed E-state index contributed by atoms with van der Waals surface area (Å²) in [5.74, 6) is 0.734. The number of rotatable bonds is 2. The van der Waals surface area contributed by atoms with Crippen LogP contribution in [0.5, 0.6) is 0 Å². The Morgan fingerprint density at radius 2 is 2.27 bits per heavy atom. The highest BCUT2D eigenvalue weighted by Crippen LogP contribution is 2.23. The van der Waals surface area contributed by atoms with Gasteiger partial charge in [-0.1, -0.05) is 26.0 Å². The molecule has 1 heteroatoms. The van der Waals surface area contributed by atoms with E-state index in [9.17, 15) is 0 Å². The van der Waals surface area contributed by atoms with Crippen LogP contribution in [0.4, 0.5) is 0 Å². The largest absolute Gasteiger partial charge is 0.399 e. The van der Waals surface area contributed by atoms with Gasteiger partial charge in [-0.15, -0.1) is 0 Å². The standard InChI is InChI=1S/C10H17N/c1-3-8-5-6-10(11)9(4-2)7-8/h6-8H,3-5,11H2,1-2H3. The van der Waals surface area contributed by atoms with Crippen LogP contribution in [0.25, 0.3) is 0 Å². The highest BCUT2D eigenvalue weighted by molar-refractivity contribution is 5.31. The molecular weight excluding hydrogens is 134 g/mol. The fraction of sp³-hybridized carbons (Fsp3) is 0.600. The average molecular weight is 151 g/mol. The Bertz CT molecular complexity index is 189. The zero-order valence-corrected chi connectivity index (χ0v) is 7.43. The topological polar surface area (TPSA) is 26.0 Å². The van der Waals surface area contributed by atoms with Gasteiger partial charge in [-0.25, -0.2) is 0 Å². The van der Waals surface area contributed by atoms with Crippen molar-refractivity contribution < 1.29 is 0 Å². The van der Waals surface area contributed by atoms with Gasteiger partial charge in [-0.3, -0.25) is 0 Å². The molecule has 0 fully saturated rings. The van der Waals surface area contributed by atoms with E-state index in [1.165, 1.54) is 12.0 Å². The average Bonchev–Trinajstić information content (AvgIpc) is 2.05. The summed E-state index contributed by atoms with van der Waals surface area (Å²) in [6.45, 7) is 4.38. The Hall–Kier alpha value is -0.720. The van der Waals surface area contributed by atoms with E-state index in [4.69, 9.17) is 5.73 Å². The van der Waals surface area contributed by atoms with Crippen molar-refractivity contribution in [1.82, 2.24) is 0 Å². The molecule has 2 N–H and O–H groups in total. The minimum Gasteiger partial charge on any atom is -0.399 e. The van der Waals surface area contributed by atoms with E-state index in [-0.39, 0.29) is 0 Å². The van der Waals surface area contributed by atoms with Crippen LogP contribution in [0, 0.1) is 5.92 Å². The van der Waals surface area contributed by atoms with Crippen LogP contribution < -0.4 is 5.73 Å². The molecule has 1 unspecified atom stereocenters. The normalized spacial score (nSPS) is 24.4. The van der Waals surface area contributed by atoms with Crippen LogP contribution >= 0.6 is 0 Å². The predicted molar refractivity (Wildman–Crippen MR) is 49.0 cm³/mol. The number of allylic oxidation sites excluding steroid dienone is 3. The van der Waals surface area contributed by atoms with E-state index in [1.807, 2.05) is 0 Å². The summed E-state index contributed by atoms with van der Waals surface area (Å²) in [7, 11) is 0. The fourth-order valence-electron chi connectivity index (χ4n) is 1.46. The van der Waals surface area contributed by atoms with Crippen LogP contribution in [-0.4, -0.2) is 0 Å². The van der Waals surface area contributed by atoms with Gasteiger partial charge in [-0.2, -0.15) is 0 Å². The van der Waals surface area contributed by atoms with Crippen molar-refractivity contribution in [3.8, 4) is 0 Å². The molecule has 0 saturated heterocycles. The zero-order chi connectivity index (χ0) is 8.27. The maximum Gasteiger partial charge on any atom is 0.0303 e. The molecule has 0 aromatic rings. The second-order valence-corrected chi connectivity index (χ2v) is 3.11. The van der Waals surface area contributed by atoms with Crippen LogP contribution in [0.2, 0.25) is 0 Å². The third kappa shape index (κ3) is 1.86. The van der Waals surface area contributed by atoms with Gasteiger partial charge >= 0.3 is 0 Å². The molecule has 1 atom stereocenters. The van der Waals surface area contributed by atoms with Gasteiger partial charge in [0.2, 0.25) is 0 Å². The maximum absolute atomic E-state index is 5.80. The lowest BCUT2D eigenvalue weighted by Gasteiger charge is -2.17. The van der Waals surface area contributed by atoms with E-state index in [1.54, 1.807) is 0 Å². The van der Waals surface area contributed by atoms with Crippen molar-refractivity contribution in [3.05, 3.63) is 23.4 Å². The highest BCUT2D eigenvalue weighted by atomic mass is 14.6. The first-order valence-electron chi connectivity index (χ1n) is 4.44. The van der Waals surface area contributed by atoms with E-state index in [0.29, 0.717) is 0 Å². The van der Waals surface area contributed by atoms with Gasteiger partial charge in [0.1, 0.15) is 0 Å². The molecule has 0 heterocycles. The Labute approximate surface area is 69.0 Å². The molecule has 1 aliphatic carbocycles. The van der Waals surface area contributed by atoms with Crippen molar-refractivity contribution in [3.63, 3.8) is 0 Å². The molecule has 1 aliphatic rings. The summed E-state index contributed by atoms with van der Waals surface area (Å²) in [5, 5.41) is 0. The first-order chi connectivity index (χ1) is 5.27. The Kier molecular flexibility index (Phi) is 2.75. The first-order valence-corrected chi connectivity index (χ1v) is 4.44. The molecule has 1 nitrogen and oxygen atoms in total. The number of hydrogen-bond donors (Lipinski definition) is 1. The molecule has 0 saturated carbocycles. The van der Waals surface area contributed by atoms with Gasteiger partial charge < -0.3 is 5.73 Å². The van der Waals surface area contributed by atoms with Crippen LogP contribution in [-0.2, 0) is 0 Å². The van der Waals surface area contributed by atoms with Crippen molar-refractivity contribution in [2.24, 2.45) is 11.7 Å². The fourth-order valence-corrected chi connectivity index (χ4v) is 1.46. The number of nitrogens with two attached hydrogens (primary N) is 1. The third-order valence-corrected chi connectivity index (χ3v) is 2.35. The van der Waals surface area contributed by atoms with Gasteiger partial charge in [0.05, 0.1) is 0 Å². The summed E-state index contributed by atoms with van der Waals surface area (Å²) in [6, 6.07) is 0. The van der Waals surface area contributed by atoms with Crippen molar-refractivity contribution >= 4 is 0 Å². The first kappa shape index (κ1) is 8.38. The highest BCUT2D eigenvalue weighted by Gasteiger charge is 2.09. The molecule has 0 aliphatic heterocycles. The Morgan fingerprint density at radius 1 is 1.55 bits per heavy atom. The molecule has 0 aromatic heterocycles. The maximum atomic E-state index is 5.80. The summed E-state index contributed by atoms with van der Waals surface area (Å²) in [4.78, 5) is 0. The van der Waals surface area contributed by atoms with Crippen LogP contribution in [0.3, 0.4) is 0 Å². The molecular formula is C10H17N. The third-order valence-electron chi connectivity index (χ3n) is 2.35. The van der Waals surface area contributed by atoms with Crippen molar-refractivity contribution in [2.45, 2.75) is 33.1 Å². The monoisotopic (exact) mass is 151 g/mol. The van der Waals surface area contributed by atoms with Gasteiger partial charge in [0.15, 0.2) is 0 Å². The van der Waals surface area contributed by atoms with Crippen LogP contribution in [0.15, 0.2) is 23.4 Å². The minimum atomic E-state index is 0.734. The molecule has 0 aromatic carbocycles. The van der Waals surface area contributed by atoms with Gasteiger partial charge in [0.25, 0.3) is 0 Å². The molecule has 0 amide bonds. The van der Waals surface area contributed by atoms with E-state index in [0.717, 1.165) is 24.5 Å². The summed E-state index contributed by atoms with van der Waals surface area (Å²) >= 11 is 0. The lowest BCUT2D eigenvalue weighted by atomic mass is 9.91. The lowest BCUT2D eigenvalue weighted by Crippen LogP contribution is -2.09. The molecule has 11 heavy (non-hydrogen) atoms.